The summed E-state index contributed by atoms with van der Waals surface area (Å²) in [6.45, 7) is 0. The van der Waals surface area contributed by atoms with Gasteiger partial charge in [-0.15, -0.1) is 0 Å². The molecular weight excluding hydrogens is 290 g/mol. The van der Waals surface area contributed by atoms with E-state index in [1.54, 1.807) is 10.7 Å². The van der Waals surface area contributed by atoms with Crippen LogP contribution < -0.4 is 5.56 Å². The maximum absolute atomic E-state index is 12.5. The van der Waals surface area contributed by atoms with Crippen LogP contribution in [-0.2, 0) is 0 Å². The highest BCUT2D eigenvalue weighted by Crippen LogP contribution is 2.39. The van der Waals surface area contributed by atoms with Crippen molar-refractivity contribution in [3.8, 4) is 11.3 Å². The molecule has 3 heterocycles. The summed E-state index contributed by atoms with van der Waals surface area (Å²) < 4.78 is 1.69. The third kappa shape index (κ3) is 1.95. The Morgan fingerprint density at radius 3 is 2.78 bits per heavy atom. The molecule has 0 radical (unpaired) electrons. The second-order valence-electron chi connectivity index (χ2n) is 5.89. The van der Waals surface area contributed by atoms with Gasteiger partial charge in [0, 0.05) is 17.5 Å². The maximum atomic E-state index is 12.5. The number of H-pyrrole nitrogens is 1. The summed E-state index contributed by atoms with van der Waals surface area (Å²) in [6, 6.07) is 11.4. The quantitative estimate of drug-likeness (QED) is 0.617. The highest BCUT2D eigenvalue weighted by molar-refractivity contribution is 5.75. The van der Waals surface area contributed by atoms with Gasteiger partial charge in [0.25, 0.3) is 5.56 Å². The predicted molar refractivity (Wildman–Crippen MR) is 86.3 cm³/mol. The zero-order valence-corrected chi connectivity index (χ0v) is 12.2. The van der Waals surface area contributed by atoms with Crippen molar-refractivity contribution in [2.45, 2.75) is 18.8 Å². The van der Waals surface area contributed by atoms with E-state index in [9.17, 15) is 4.79 Å². The minimum atomic E-state index is -0.223. The summed E-state index contributed by atoms with van der Waals surface area (Å²) >= 11 is 0. The lowest BCUT2D eigenvalue weighted by atomic mass is 10.1. The van der Waals surface area contributed by atoms with Gasteiger partial charge in [-0.3, -0.25) is 4.79 Å². The van der Waals surface area contributed by atoms with Gasteiger partial charge in [0.15, 0.2) is 11.3 Å². The largest absolute Gasteiger partial charge is 0.303 e. The zero-order chi connectivity index (χ0) is 15.4. The monoisotopic (exact) mass is 303 g/mol. The predicted octanol–water partition coefficient (Wildman–Crippen LogP) is 2.51. The van der Waals surface area contributed by atoms with Gasteiger partial charge in [0.05, 0.1) is 11.9 Å². The molecule has 5 rings (SSSR count). The van der Waals surface area contributed by atoms with Crippen LogP contribution >= 0.6 is 0 Å². The number of nitrogens with one attached hydrogen (secondary N) is 1. The Hall–Kier alpha value is -3.02. The van der Waals surface area contributed by atoms with Crippen molar-refractivity contribution in [2.75, 3.05) is 0 Å². The summed E-state index contributed by atoms with van der Waals surface area (Å²) in [5.41, 5.74) is 3.96. The fourth-order valence-electron chi connectivity index (χ4n) is 2.85. The van der Waals surface area contributed by atoms with Gasteiger partial charge in [-0.05, 0) is 12.8 Å². The molecule has 1 saturated carbocycles. The van der Waals surface area contributed by atoms with Gasteiger partial charge < -0.3 is 4.98 Å². The SMILES string of the molecule is O=c1[nH]c2c(cnc3cc(C4CC4)nn32)nc1-c1ccccc1. The number of fused-ring (bicyclic) bond motifs is 3. The van der Waals surface area contributed by atoms with Crippen molar-refractivity contribution >= 4 is 16.8 Å². The number of hydrogen-bond donors (Lipinski definition) is 1. The third-order valence-electron chi connectivity index (χ3n) is 4.21. The fourth-order valence-corrected chi connectivity index (χ4v) is 2.85. The molecule has 3 aromatic heterocycles. The molecule has 23 heavy (non-hydrogen) atoms. The van der Waals surface area contributed by atoms with Crippen LogP contribution in [-0.4, -0.2) is 24.6 Å². The topological polar surface area (TPSA) is 75.9 Å². The summed E-state index contributed by atoms with van der Waals surface area (Å²) in [6.07, 6.45) is 4.04. The zero-order valence-electron chi connectivity index (χ0n) is 12.2. The average Bonchev–Trinajstić information content (AvgIpc) is 3.34. The summed E-state index contributed by atoms with van der Waals surface area (Å²) in [7, 11) is 0. The molecule has 1 N–H and O–H groups in total. The molecule has 1 fully saturated rings. The smallest absolute Gasteiger partial charge is 0.276 e. The minimum Gasteiger partial charge on any atom is -0.303 e. The van der Waals surface area contributed by atoms with Crippen LogP contribution in [0.15, 0.2) is 47.4 Å². The third-order valence-corrected chi connectivity index (χ3v) is 4.21. The summed E-state index contributed by atoms with van der Waals surface area (Å²) in [5.74, 6) is 0.537. The molecule has 0 amide bonds. The average molecular weight is 303 g/mol. The van der Waals surface area contributed by atoms with Crippen molar-refractivity contribution in [1.29, 1.82) is 0 Å². The Balaban J connectivity index is 1.78. The number of aromatic amines is 1. The summed E-state index contributed by atoms with van der Waals surface area (Å²) in [4.78, 5) is 24.3. The Kier molecular flexibility index (Phi) is 2.44. The molecule has 0 saturated heterocycles. The first-order chi connectivity index (χ1) is 11.3. The van der Waals surface area contributed by atoms with Crippen molar-refractivity contribution in [3.05, 3.63) is 58.6 Å². The van der Waals surface area contributed by atoms with E-state index in [1.165, 1.54) is 12.8 Å². The molecule has 0 atom stereocenters. The second-order valence-corrected chi connectivity index (χ2v) is 5.89. The second kappa shape index (κ2) is 4.49. The lowest BCUT2D eigenvalue weighted by molar-refractivity contribution is 0.893. The Labute approximate surface area is 130 Å². The van der Waals surface area contributed by atoms with E-state index in [-0.39, 0.29) is 5.56 Å². The van der Waals surface area contributed by atoms with E-state index < -0.39 is 0 Å². The van der Waals surface area contributed by atoms with Crippen molar-refractivity contribution in [3.63, 3.8) is 0 Å². The van der Waals surface area contributed by atoms with Gasteiger partial charge in [0.1, 0.15) is 11.2 Å². The normalized spacial score (nSPS) is 14.6. The van der Waals surface area contributed by atoms with Crippen LogP contribution in [0.2, 0.25) is 0 Å². The van der Waals surface area contributed by atoms with E-state index in [1.807, 2.05) is 36.4 Å². The van der Waals surface area contributed by atoms with Gasteiger partial charge in [-0.25, -0.2) is 9.97 Å². The molecule has 1 aliphatic carbocycles. The number of aromatic nitrogens is 5. The van der Waals surface area contributed by atoms with Crippen LogP contribution in [0.4, 0.5) is 0 Å². The van der Waals surface area contributed by atoms with Crippen molar-refractivity contribution in [1.82, 2.24) is 24.6 Å². The van der Waals surface area contributed by atoms with E-state index in [4.69, 9.17) is 0 Å². The van der Waals surface area contributed by atoms with Crippen LogP contribution in [0.25, 0.3) is 28.1 Å². The van der Waals surface area contributed by atoms with Gasteiger partial charge in [0.2, 0.25) is 0 Å². The lowest BCUT2D eigenvalue weighted by Crippen LogP contribution is -2.14. The minimum absolute atomic E-state index is 0.223. The molecule has 6 heteroatoms. The number of rotatable bonds is 2. The highest BCUT2D eigenvalue weighted by Gasteiger charge is 2.27. The first-order valence-electron chi connectivity index (χ1n) is 7.64. The van der Waals surface area contributed by atoms with Crippen LogP contribution in [0, 0.1) is 0 Å². The molecule has 0 unspecified atom stereocenters. The van der Waals surface area contributed by atoms with E-state index in [2.05, 4.69) is 20.1 Å². The molecule has 6 nitrogen and oxygen atoms in total. The molecule has 112 valence electrons. The highest BCUT2D eigenvalue weighted by atomic mass is 16.1. The first kappa shape index (κ1) is 12.5. The first-order valence-corrected chi connectivity index (χ1v) is 7.64. The number of nitrogens with zero attached hydrogens (tertiary/aromatic N) is 4. The molecule has 0 spiro atoms. The standard InChI is InChI=1S/C17H13N5O/c23-17-15(11-4-2-1-3-5-11)19-13-9-18-14-8-12(10-6-7-10)21-22(14)16(13)20-17/h1-5,8-10H,6-7H2,(H,20,23). The molecule has 0 aliphatic heterocycles. The molecule has 4 aromatic rings. The van der Waals surface area contributed by atoms with E-state index in [0.717, 1.165) is 16.9 Å². The van der Waals surface area contributed by atoms with Crippen LogP contribution in [0.5, 0.6) is 0 Å². The van der Waals surface area contributed by atoms with Crippen molar-refractivity contribution in [2.24, 2.45) is 0 Å². The molecule has 1 aromatic carbocycles. The fraction of sp³-hybridized carbons (Fsp3) is 0.176. The van der Waals surface area contributed by atoms with Gasteiger partial charge in [-0.1, -0.05) is 30.3 Å². The Morgan fingerprint density at radius 2 is 2.00 bits per heavy atom. The number of benzene rings is 1. The van der Waals surface area contributed by atoms with E-state index in [0.29, 0.717) is 22.8 Å². The lowest BCUT2D eigenvalue weighted by Gasteiger charge is -2.03. The van der Waals surface area contributed by atoms with Crippen LogP contribution in [0.1, 0.15) is 24.5 Å². The van der Waals surface area contributed by atoms with Crippen molar-refractivity contribution < 1.29 is 0 Å². The van der Waals surface area contributed by atoms with E-state index >= 15 is 0 Å². The molecular formula is C17H13N5O. The Bertz CT molecular complexity index is 1090. The van der Waals surface area contributed by atoms with Gasteiger partial charge >= 0.3 is 0 Å². The molecule has 0 bridgehead atoms. The van der Waals surface area contributed by atoms with Gasteiger partial charge in [-0.2, -0.15) is 9.61 Å². The maximum Gasteiger partial charge on any atom is 0.276 e. The number of hydrogen-bond acceptors (Lipinski definition) is 4. The Morgan fingerprint density at radius 1 is 1.17 bits per heavy atom. The molecule has 1 aliphatic rings. The summed E-state index contributed by atoms with van der Waals surface area (Å²) in [5, 5.41) is 4.59. The van der Waals surface area contributed by atoms with Crippen LogP contribution in [0.3, 0.4) is 0 Å².